The van der Waals surface area contributed by atoms with Crippen LogP contribution < -0.4 is 5.73 Å². The van der Waals surface area contributed by atoms with E-state index in [-0.39, 0.29) is 0 Å². The van der Waals surface area contributed by atoms with Crippen LogP contribution in [0, 0.1) is 20.8 Å². The summed E-state index contributed by atoms with van der Waals surface area (Å²) in [6, 6.07) is 5.72. The average molecular weight is 260 g/mol. The molecular weight excluding hydrogens is 232 g/mol. The third-order valence-corrected chi connectivity index (χ3v) is 4.86. The molecule has 0 saturated heterocycles. The molecular formula is C17H28N2. The molecule has 0 radical (unpaired) electrons. The van der Waals surface area contributed by atoms with Crippen molar-refractivity contribution in [3.63, 3.8) is 0 Å². The van der Waals surface area contributed by atoms with Crippen molar-refractivity contribution in [2.24, 2.45) is 5.73 Å². The maximum atomic E-state index is 6.09. The number of likely N-dealkylation sites (N-methyl/N-ethyl adjacent to an activating group) is 1. The summed E-state index contributed by atoms with van der Waals surface area (Å²) in [5.41, 5.74) is 11.6. The van der Waals surface area contributed by atoms with Gasteiger partial charge in [-0.05, 0) is 62.9 Å². The Kier molecular flexibility index (Phi) is 4.64. The zero-order valence-electron chi connectivity index (χ0n) is 12.9. The molecule has 1 unspecified atom stereocenters. The predicted molar refractivity (Wildman–Crippen MR) is 82.5 cm³/mol. The molecule has 2 N–H and O–H groups in total. The summed E-state index contributed by atoms with van der Waals surface area (Å²) >= 11 is 0. The van der Waals surface area contributed by atoms with E-state index in [4.69, 9.17) is 5.73 Å². The van der Waals surface area contributed by atoms with Gasteiger partial charge in [-0.1, -0.05) is 25.0 Å². The smallest absolute Gasteiger partial charge is 0.0473 e. The Morgan fingerprint density at radius 3 is 2.26 bits per heavy atom. The maximum Gasteiger partial charge on any atom is 0.0473 e. The van der Waals surface area contributed by atoms with Crippen LogP contribution in [0.15, 0.2) is 12.1 Å². The fraction of sp³-hybridized carbons (Fsp3) is 0.647. The maximum absolute atomic E-state index is 6.09. The Morgan fingerprint density at radius 1 is 1.11 bits per heavy atom. The number of nitrogens with two attached hydrogens (primary N) is 1. The predicted octanol–water partition coefficient (Wildman–Crippen LogP) is 3.49. The van der Waals surface area contributed by atoms with Crippen LogP contribution in [-0.4, -0.2) is 24.5 Å². The van der Waals surface area contributed by atoms with Gasteiger partial charge in [-0.3, -0.25) is 4.90 Å². The summed E-state index contributed by atoms with van der Waals surface area (Å²) in [5.74, 6) is 0. The summed E-state index contributed by atoms with van der Waals surface area (Å²) in [4.78, 5) is 2.52. The van der Waals surface area contributed by atoms with Crippen molar-refractivity contribution in [1.82, 2.24) is 4.90 Å². The molecule has 2 heteroatoms. The molecule has 0 heterocycles. The van der Waals surface area contributed by atoms with Crippen LogP contribution in [0.5, 0.6) is 0 Å². The van der Waals surface area contributed by atoms with E-state index in [0.29, 0.717) is 12.6 Å². The Hall–Kier alpha value is -0.860. The molecule has 2 nitrogen and oxygen atoms in total. The van der Waals surface area contributed by atoms with Crippen LogP contribution in [0.3, 0.4) is 0 Å². The van der Waals surface area contributed by atoms with Crippen LogP contribution in [-0.2, 0) is 0 Å². The lowest BCUT2D eigenvalue weighted by molar-refractivity contribution is 0.179. The summed E-state index contributed by atoms with van der Waals surface area (Å²) in [6.07, 6.45) is 5.41. The summed E-state index contributed by atoms with van der Waals surface area (Å²) in [7, 11) is 2.25. The first-order valence-corrected chi connectivity index (χ1v) is 7.54. The van der Waals surface area contributed by atoms with Gasteiger partial charge in [-0.25, -0.2) is 0 Å². The average Bonchev–Trinajstić information content (AvgIpc) is 2.90. The minimum absolute atomic E-state index is 0.363. The minimum Gasteiger partial charge on any atom is -0.329 e. The molecule has 2 rings (SSSR count). The van der Waals surface area contributed by atoms with Gasteiger partial charge >= 0.3 is 0 Å². The molecule has 1 atom stereocenters. The molecule has 1 aliphatic carbocycles. The molecule has 0 spiro atoms. The first-order chi connectivity index (χ1) is 9.04. The second-order valence-electron chi connectivity index (χ2n) is 6.15. The van der Waals surface area contributed by atoms with Gasteiger partial charge in [0, 0.05) is 18.6 Å². The van der Waals surface area contributed by atoms with Gasteiger partial charge in [0.05, 0.1) is 0 Å². The van der Waals surface area contributed by atoms with Gasteiger partial charge in [0.2, 0.25) is 0 Å². The van der Waals surface area contributed by atoms with Crippen molar-refractivity contribution < 1.29 is 0 Å². The zero-order valence-corrected chi connectivity index (χ0v) is 12.9. The van der Waals surface area contributed by atoms with Crippen LogP contribution in [0.25, 0.3) is 0 Å². The van der Waals surface area contributed by atoms with Gasteiger partial charge < -0.3 is 5.73 Å². The third kappa shape index (κ3) is 3.01. The first-order valence-electron chi connectivity index (χ1n) is 7.54. The topological polar surface area (TPSA) is 29.3 Å². The number of aryl methyl sites for hydroxylation is 3. The number of hydrogen-bond acceptors (Lipinski definition) is 2. The molecule has 1 aromatic carbocycles. The molecule has 19 heavy (non-hydrogen) atoms. The molecule has 1 fully saturated rings. The highest BCUT2D eigenvalue weighted by molar-refractivity contribution is 5.38. The van der Waals surface area contributed by atoms with Crippen LogP contribution >= 0.6 is 0 Å². The highest BCUT2D eigenvalue weighted by Gasteiger charge is 2.26. The molecule has 1 saturated carbocycles. The molecule has 0 aromatic heterocycles. The van der Waals surface area contributed by atoms with Crippen molar-refractivity contribution in [3.05, 3.63) is 34.4 Å². The van der Waals surface area contributed by atoms with Crippen LogP contribution in [0.2, 0.25) is 0 Å². The van der Waals surface area contributed by atoms with E-state index in [1.165, 1.54) is 47.9 Å². The molecule has 1 aromatic rings. The number of nitrogens with zero attached hydrogens (tertiary/aromatic N) is 1. The Labute approximate surface area is 118 Å². The van der Waals surface area contributed by atoms with E-state index in [0.717, 1.165) is 6.04 Å². The molecule has 0 bridgehead atoms. The largest absolute Gasteiger partial charge is 0.329 e. The van der Waals surface area contributed by atoms with Gasteiger partial charge in [0.1, 0.15) is 0 Å². The third-order valence-electron chi connectivity index (χ3n) is 4.86. The van der Waals surface area contributed by atoms with Gasteiger partial charge in [-0.2, -0.15) is 0 Å². The highest BCUT2D eigenvalue weighted by Crippen LogP contribution is 2.31. The second kappa shape index (κ2) is 6.06. The van der Waals surface area contributed by atoms with E-state index in [1.54, 1.807) is 0 Å². The van der Waals surface area contributed by atoms with Crippen molar-refractivity contribution in [1.29, 1.82) is 0 Å². The van der Waals surface area contributed by atoms with E-state index in [2.05, 4.69) is 44.9 Å². The number of benzene rings is 1. The highest BCUT2D eigenvalue weighted by atomic mass is 15.2. The van der Waals surface area contributed by atoms with E-state index in [1.807, 2.05) is 0 Å². The fourth-order valence-electron chi connectivity index (χ4n) is 3.42. The summed E-state index contributed by atoms with van der Waals surface area (Å²) in [5, 5.41) is 0. The van der Waals surface area contributed by atoms with Crippen molar-refractivity contribution in [2.45, 2.75) is 58.5 Å². The van der Waals surface area contributed by atoms with E-state index >= 15 is 0 Å². The summed E-state index contributed by atoms with van der Waals surface area (Å²) < 4.78 is 0. The lowest BCUT2D eigenvalue weighted by Crippen LogP contribution is -2.37. The Balaban J connectivity index is 2.28. The first kappa shape index (κ1) is 14.5. The van der Waals surface area contributed by atoms with E-state index < -0.39 is 0 Å². The SMILES string of the molecule is Cc1cc(C)c(C(CN)N(C)C2CCCC2)cc1C. The van der Waals surface area contributed by atoms with Crippen LogP contribution in [0.1, 0.15) is 54.0 Å². The lowest BCUT2D eigenvalue weighted by Gasteiger charge is -2.34. The minimum atomic E-state index is 0.363. The zero-order chi connectivity index (χ0) is 14.0. The van der Waals surface area contributed by atoms with Gasteiger partial charge in [0.15, 0.2) is 0 Å². The quantitative estimate of drug-likeness (QED) is 0.898. The molecule has 1 aliphatic rings. The van der Waals surface area contributed by atoms with Crippen molar-refractivity contribution in [2.75, 3.05) is 13.6 Å². The molecule has 106 valence electrons. The molecule has 0 amide bonds. The monoisotopic (exact) mass is 260 g/mol. The number of hydrogen-bond donors (Lipinski definition) is 1. The van der Waals surface area contributed by atoms with Crippen LogP contribution in [0.4, 0.5) is 0 Å². The fourth-order valence-corrected chi connectivity index (χ4v) is 3.42. The lowest BCUT2D eigenvalue weighted by atomic mass is 9.94. The standard InChI is InChI=1S/C17H28N2/c1-12-9-14(3)16(10-13(12)2)17(11-18)19(4)15-7-5-6-8-15/h9-10,15,17H,5-8,11,18H2,1-4H3. The Morgan fingerprint density at radius 2 is 1.68 bits per heavy atom. The van der Waals surface area contributed by atoms with E-state index in [9.17, 15) is 0 Å². The van der Waals surface area contributed by atoms with Gasteiger partial charge in [0.25, 0.3) is 0 Å². The summed E-state index contributed by atoms with van der Waals surface area (Å²) in [6.45, 7) is 7.30. The van der Waals surface area contributed by atoms with Crippen molar-refractivity contribution >= 4 is 0 Å². The number of rotatable bonds is 4. The van der Waals surface area contributed by atoms with Crippen molar-refractivity contribution in [3.8, 4) is 0 Å². The van der Waals surface area contributed by atoms with Gasteiger partial charge in [-0.15, -0.1) is 0 Å². The second-order valence-corrected chi connectivity index (χ2v) is 6.15. The Bertz CT molecular complexity index is 433. The normalized spacial score (nSPS) is 18.2. The molecule has 0 aliphatic heterocycles.